The van der Waals surface area contributed by atoms with Crippen LogP contribution in [0.2, 0.25) is 0 Å². The van der Waals surface area contributed by atoms with Crippen LogP contribution in [0.4, 0.5) is 0 Å². The van der Waals surface area contributed by atoms with Gasteiger partial charge in [-0.2, -0.15) is 0 Å². The second-order valence-corrected chi connectivity index (χ2v) is 3.54. The van der Waals surface area contributed by atoms with Gasteiger partial charge >= 0.3 is 0 Å². The van der Waals surface area contributed by atoms with Gasteiger partial charge in [0.15, 0.2) is 0 Å². The number of nitrogens with zero attached hydrogens (tertiary/aromatic N) is 2. The van der Waals surface area contributed by atoms with E-state index in [-0.39, 0.29) is 12.6 Å². The molecule has 0 bridgehead atoms. The van der Waals surface area contributed by atoms with Crippen molar-refractivity contribution in [1.82, 2.24) is 9.55 Å². The van der Waals surface area contributed by atoms with E-state index >= 15 is 0 Å². The van der Waals surface area contributed by atoms with Crippen LogP contribution >= 0.6 is 0 Å². The van der Waals surface area contributed by atoms with Crippen LogP contribution in [-0.2, 0) is 6.54 Å². The van der Waals surface area contributed by atoms with E-state index in [0.29, 0.717) is 0 Å². The van der Waals surface area contributed by atoms with Gasteiger partial charge in [0.2, 0.25) is 0 Å². The van der Waals surface area contributed by atoms with E-state index in [2.05, 4.69) is 11.1 Å². The fourth-order valence-electron chi connectivity index (χ4n) is 1.17. The molecule has 0 saturated heterocycles. The summed E-state index contributed by atoms with van der Waals surface area (Å²) in [6.07, 6.45) is 5.51. The number of hydrogen-bond acceptors (Lipinski definition) is 3. The van der Waals surface area contributed by atoms with E-state index < -0.39 is 0 Å². The van der Waals surface area contributed by atoms with E-state index in [1.165, 1.54) is 5.57 Å². The molecule has 3 N–H and O–H groups in total. The van der Waals surface area contributed by atoms with Crippen LogP contribution in [0.15, 0.2) is 24.2 Å². The smallest absolute Gasteiger partial charge is 0.0951 e. The zero-order chi connectivity index (χ0) is 10.6. The lowest BCUT2D eigenvalue weighted by Gasteiger charge is -2.10. The topological polar surface area (TPSA) is 64.1 Å². The molecule has 0 aromatic carbocycles. The Morgan fingerprint density at radius 1 is 1.71 bits per heavy atom. The third kappa shape index (κ3) is 2.68. The largest absolute Gasteiger partial charge is 0.394 e. The molecule has 0 saturated carbocycles. The number of nitrogens with two attached hydrogens (primary N) is 1. The van der Waals surface area contributed by atoms with Crippen molar-refractivity contribution in [1.29, 1.82) is 0 Å². The lowest BCUT2D eigenvalue weighted by molar-refractivity contribution is 0.263. The van der Waals surface area contributed by atoms with Gasteiger partial charge in [-0.05, 0) is 13.8 Å². The molecule has 4 nitrogen and oxygen atoms in total. The van der Waals surface area contributed by atoms with Crippen LogP contribution in [0.3, 0.4) is 0 Å². The van der Waals surface area contributed by atoms with Gasteiger partial charge in [-0.1, -0.05) is 11.6 Å². The van der Waals surface area contributed by atoms with Crippen LogP contribution in [-0.4, -0.2) is 21.3 Å². The van der Waals surface area contributed by atoms with E-state index in [1.54, 1.807) is 12.5 Å². The first kappa shape index (κ1) is 10.9. The third-order valence-corrected chi connectivity index (χ3v) is 2.02. The van der Waals surface area contributed by atoms with Crippen molar-refractivity contribution in [3.63, 3.8) is 0 Å². The summed E-state index contributed by atoms with van der Waals surface area (Å²) in [4.78, 5) is 4.01. The highest BCUT2D eigenvalue weighted by atomic mass is 16.3. The zero-order valence-electron chi connectivity index (χ0n) is 8.64. The highest BCUT2D eigenvalue weighted by molar-refractivity contribution is 5.06. The van der Waals surface area contributed by atoms with E-state index in [1.807, 2.05) is 18.4 Å². The van der Waals surface area contributed by atoms with Crippen LogP contribution in [0.5, 0.6) is 0 Å². The molecule has 1 rings (SSSR count). The first-order chi connectivity index (χ1) is 6.65. The van der Waals surface area contributed by atoms with Crippen LogP contribution in [0.25, 0.3) is 0 Å². The summed E-state index contributed by atoms with van der Waals surface area (Å²) in [6.45, 7) is 4.79. The molecule has 0 amide bonds. The SMILES string of the molecule is CC(C)=CCn1cncc1C(N)CO. The molecule has 0 aliphatic heterocycles. The quantitative estimate of drug-likeness (QED) is 0.700. The highest BCUT2D eigenvalue weighted by Crippen LogP contribution is 2.09. The maximum Gasteiger partial charge on any atom is 0.0951 e. The number of hydrogen-bond donors (Lipinski definition) is 2. The number of rotatable bonds is 4. The lowest BCUT2D eigenvalue weighted by Crippen LogP contribution is -2.18. The van der Waals surface area contributed by atoms with E-state index in [4.69, 9.17) is 10.8 Å². The molecule has 1 aromatic heterocycles. The maximum absolute atomic E-state index is 8.93. The molecule has 14 heavy (non-hydrogen) atoms. The Balaban J connectivity index is 2.77. The molecule has 0 aliphatic rings. The van der Waals surface area contributed by atoms with Gasteiger partial charge in [0, 0.05) is 12.7 Å². The Hall–Kier alpha value is -1.13. The number of aliphatic hydroxyl groups excluding tert-OH is 1. The van der Waals surface area contributed by atoms with Crippen molar-refractivity contribution in [2.45, 2.75) is 26.4 Å². The van der Waals surface area contributed by atoms with Gasteiger partial charge in [0.1, 0.15) is 0 Å². The fraction of sp³-hybridized carbons (Fsp3) is 0.500. The summed E-state index contributed by atoms with van der Waals surface area (Å²) >= 11 is 0. The zero-order valence-corrected chi connectivity index (χ0v) is 8.64. The van der Waals surface area contributed by atoms with Crippen LogP contribution < -0.4 is 5.73 Å². The number of aliphatic hydroxyl groups is 1. The number of allylic oxidation sites excluding steroid dienone is 2. The molecule has 1 aromatic rings. The van der Waals surface area contributed by atoms with Crippen LogP contribution in [0, 0.1) is 0 Å². The lowest BCUT2D eigenvalue weighted by atomic mass is 10.2. The summed E-state index contributed by atoms with van der Waals surface area (Å²) in [7, 11) is 0. The van der Waals surface area contributed by atoms with Gasteiger partial charge < -0.3 is 15.4 Å². The molecular weight excluding hydrogens is 178 g/mol. The Morgan fingerprint density at radius 3 is 3.00 bits per heavy atom. The van der Waals surface area contributed by atoms with Crippen molar-refractivity contribution in [3.05, 3.63) is 29.9 Å². The van der Waals surface area contributed by atoms with Gasteiger partial charge in [-0.15, -0.1) is 0 Å². The molecular formula is C10H17N3O. The third-order valence-electron chi connectivity index (χ3n) is 2.02. The summed E-state index contributed by atoms with van der Waals surface area (Å²) in [5.41, 5.74) is 7.83. The predicted molar refractivity (Wildman–Crippen MR) is 55.7 cm³/mol. The second-order valence-electron chi connectivity index (χ2n) is 3.54. The summed E-state index contributed by atoms with van der Waals surface area (Å²) in [6, 6.07) is -0.344. The molecule has 78 valence electrons. The van der Waals surface area contributed by atoms with Crippen LogP contribution in [0.1, 0.15) is 25.6 Å². The average Bonchev–Trinajstić information content (AvgIpc) is 2.61. The Kier molecular flexibility index (Phi) is 3.85. The minimum atomic E-state index is -0.344. The normalized spacial score (nSPS) is 12.6. The summed E-state index contributed by atoms with van der Waals surface area (Å²) < 4.78 is 1.94. The maximum atomic E-state index is 8.93. The number of imidazole rings is 1. The van der Waals surface area contributed by atoms with Crippen molar-refractivity contribution in [2.24, 2.45) is 5.73 Å². The molecule has 1 heterocycles. The van der Waals surface area contributed by atoms with E-state index in [0.717, 1.165) is 12.2 Å². The first-order valence-corrected chi connectivity index (χ1v) is 4.65. The Labute approximate surface area is 84.1 Å². The van der Waals surface area contributed by atoms with Crippen molar-refractivity contribution in [2.75, 3.05) is 6.61 Å². The molecule has 0 aliphatic carbocycles. The average molecular weight is 195 g/mol. The minimum Gasteiger partial charge on any atom is -0.394 e. The Bertz CT molecular complexity index is 313. The van der Waals surface area contributed by atoms with Crippen molar-refractivity contribution < 1.29 is 5.11 Å². The predicted octanol–water partition coefficient (Wildman–Crippen LogP) is 0.841. The fourth-order valence-corrected chi connectivity index (χ4v) is 1.17. The molecule has 0 spiro atoms. The second kappa shape index (κ2) is 4.93. The monoisotopic (exact) mass is 195 g/mol. The van der Waals surface area contributed by atoms with E-state index in [9.17, 15) is 0 Å². The van der Waals surface area contributed by atoms with Crippen molar-refractivity contribution in [3.8, 4) is 0 Å². The van der Waals surface area contributed by atoms with Gasteiger partial charge in [-0.3, -0.25) is 0 Å². The first-order valence-electron chi connectivity index (χ1n) is 4.65. The molecule has 4 heteroatoms. The Morgan fingerprint density at radius 2 is 2.43 bits per heavy atom. The van der Waals surface area contributed by atoms with Gasteiger partial charge in [0.25, 0.3) is 0 Å². The highest BCUT2D eigenvalue weighted by Gasteiger charge is 2.08. The minimum absolute atomic E-state index is 0.0550. The molecule has 1 unspecified atom stereocenters. The van der Waals surface area contributed by atoms with Gasteiger partial charge in [-0.25, -0.2) is 4.98 Å². The molecule has 1 atom stereocenters. The molecule has 0 fully saturated rings. The summed E-state index contributed by atoms with van der Waals surface area (Å²) in [5, 5.41) is 8.93. The standard InChI is InChI=1S/C10H17N3O/c1-8(2)3-4-13-7-12-5-10(13)9(11)6-14/h3,5,7,9,14H,4,6,11H2,1-2H3. The summed E-state index contributed by atoms with van der Waals surface area (Å²) in [5.74, 6) is 0. The van der Waals surface area contributed by atoms with Crippen molar-refractivity contribution >= 4 is 0 Å². The van der Waals surface area contributed by atoms with Gasteiger partial charge in [0.05, 0.1) is 24.7 Å². The molecule has 0 radical (unpaired) electrons. The number of aromatic nitrogens is 2.